The molecule has 2 rings (SSSR count). The number of H-pyrrole nitrogens is 1. The van der Waals surface area contributed by atoms with Gasteiger partial charge in [0.2, 0.25) is 0 Å². The van der Waals surface area contributed by atoms with Crippen molar-refractivity contribution in [2.24, 2.45) is 15.6 Å². The van der Waals surface area contributed by atoms with E-state index in [-0.39, 0.29) is 39.1 Å². The third-order valence-corrected chi connectivity index (χ3v) is 3.95. The van der Waals surface area contributed by atoms with Crippen molar-refractivity contribution in [1.29, 1.82) is 0 Å². The highest BCUT2D eigenvalue weighted by Crippen LogP contribution is 2.30. The van der Waals surface area contributed by atoms with Gasteiger partial charge in [0.05, 0.1) is 10.9 Å². The number of carbonyl (C=O) groups excluding carboxylic acids is 1. The van der Waals surface area contributed by atoms with Crippen molar-refractivity contribution >= 4 is 45.1 Å². The molecule has 0 aliphatic heterocycles. The minimum Gasteiger partial charge on any atom is -1.00 e. The molecule has 1 heterocycles. The molecule has 5 N–H and O–H groups in total. The number of aromatic nitrogens is 1. The van der Waals surface area contributed by atoms with Crippen molar-refractivity contribution in [1.82, 2.24) is 4.98 Å². The second kappa shape index (κ2) is 7.74. The summed E-state index contributed by atoms with van der Waals surface area (Å²) in [6.45, 7) is 5.63. The van der Waals surface area contributed by atoms with Crippen LogP contribution in [0.1, 0.15) is 20.8 Å². The summed E-state index contributed by atoms with van der Waals surface area (Å²) in [4.78, 5) is 14.8. The number of benzene rings is 1. The Labute approximate surface area is 149 Å². The second-order valence-electron chi connectivity index (χ2n) is 5.93. The van der Waals surface area contributed by atoms with Gasteiger partial charge in [-0.3, -0.25) is 10.2 Å². The van der Waals surface area contributed by atoms with Gasteiger partial charge in [-0.2, -0.15) is 0 Å². The number of azo groups is 1. The van der Waals surface area contributed by atoms with Gasteiger partial charge in [0, 0.05) is 16.2 Å². The van der Waals surface area contributed by atoms with Crippen molar-refractivity contribution in [3.8, 4) is 0 Å². The molecule has 2 aromatic rings. The van der Waals surface area contributed by atoms with Gasteiger partial charge >= 0.3 is 5.17 Å². The van der Waals surface area contributed by atoms with Gasteiger partial charge in [-0.05, 0) is 16.9 Å². The molecule has 1 aromatic carbocycles. The first-order valence-electron chi connectivity index (χ1n) is 6.85. The Kier molecular flexibility index (Phi) is 6.52. The van der Waals surface area contributed by atoms with Gasteiger partial charge < -0.3 is 27.7 Å². The third-order valence-electron chi connectivity index (χ3n) is 3.16. The SMILES string of the molecule is CC(C)(C)C(=O)CSC(=[NH2+])/N=N/c1[nH]c(N)c2ccccc12.[Br-]. The van der Waals surface area contributed by atoms with Gasteiger partial charge in [-0.15, -0.1) is 0 Å². The van der Waals surface area contributed by atoms with E-state index in [0.29, 0.717) is 11.6 Å². The molecular weight excluding hydrogens is 378 g/mol. The average Bonchev–Trinajstić information content (AvgIpc) is 2.78. The average molecular weight is 398 g/mol. The fourth-order valence-electron chi connectivity index (χ4n) is 1.75. The van der Waals surface area contributed by atoms with Crippen molar-refractivity contribution in [3.05, 3.63) is 24.3 Å². The van der Waals surface area contributed by atoms with E-state index >= 15 is 0 Å². The first-order chi connectivity index (χ1) is 10.3. The van der Waals surface area contributed by atoms with Crippen molar-refractivity contribution in [2.75, 3.05) is 11.5 Å². The van der Waals surface area contributed by atoms with Crippen molar-refractivity contribution in [3.63, 3.8) is 0 Å². The number of fused-ring (bicyclic) bond motifs is 1. The lowest BCUT2D eigenvalue weighted by Gasteiger charge is -2.14. The molecule has 0 saturated heterocycles. The zero-order valence-corrected chi connectivity index (χ0v) is 15.7. The molecule has 0 bridgehead atoms. The maximum absolute atomic E-state index is 11.8. The van der Waals surface area contributed by atoms with Crippen LogP contribution in [0.15, 0.2) is 34.5 Å². The topological polar surface area (TPSA) is 109 Å². The van der Waals surface area contributed by atoms with Crippen LogP contribution < -0.4 is 28.1 Å². The summed E-state index contributed by atoms with van der Waals surface area (Å²) in [6.07, 6.45) is 0. The lowest BCUT2D eigenvalue weighted by Crippen LogP contribution is -3.00. The van der Waals surface area contributed by atoms with E-state index in [2.05, 4.69) is 15.2 Å². The molecule has 0 saturated carbocycles. The maximum atomic E-state index is 11.8. The fraction of sp³-hybridized carbons (Fsp3) is 0.333. The van der Waals surface area contributed by atoms with Crippen LogP contribution in [0.25, 0.3) is 10.8 Å². The summed E-state index contributed by atoms with van der Waals surface area (Å²) in [6, 6.07) is 7.62. The molecule has 6 nitrogen and oxygen atoms in total. The lowest BCUT2D eigenvalue weighted by atomic mass is 9.92. The molecule has 0 aliphatic rings. The van der Waals surface area contributed by atoms with E-state index in [1.807, 2.05) is 45.0 Å². The highest BCUT2D eigenvalue weighted by Gasteiger charge is 2.22. The number of ketones is 1. The molecule has 0 atom stereocenters. The molecule has 0 radical (unpaired) electrons. The highest BCUT2D eigenvalue weighted by atomic mass is 79.9. The zero-order valence-electron chi connectivity index (χ0n) is 13.3. The van der Waals surface area contributed by atoms with Crippen LogP contribution in [0.3, 0.4) is 0 Å². The van der Waals surface area contributed by atoms with E-state index in [9.17, 15) is 4.79 Å². The number of nitrogen functional groups attached to an aromatic ring is 1. The predicted molar refractivity (Wildman–Crippen MR) is 91.1 cm³/mol. The first-order valence-corrected chi connectivity index (χ1v) is 7.84. The van der Waals surface area contributed by atoms with Gasteiger partial charge in [0.25, 0.3) is 0 Å². The highest BCUT2D eigenvalue weighted by molar-refractivity contribution is 8.14. The number of nitrogens with two attached hydrogens (primary N) is 2. The number of nitrogens with zero attached hydrogens (tertiary/aromatic N) is 2. The number of rotatable bonds is 3. The quantitative estimate of drug-likeness (QED) is 0.361. The van der Waals surface area contributed by atoms with E-state index in [0.717, 1.165) is 10.8 Å². The number of aromatic amines is 1. The smallest absolute Gasteiger partial charge is 0.377 e. The number of hydrogen-bond acceptors (Lipinski definition) is 4. The van der Waals surface area contributed by atoms with Gasteiger partial charge in [0.1, 0.15) is 11.6 Å². The Balaban J connectivity index is 0.00000264. The number of thioether (sulfide) groups is 1. The third kappa shape index (κ3) is 4.90. The van der Waals surface area contributed by atoms with E-state index in [4.69, 9.17) is 11.1 Å². The van der Waals surface area contributed by atoms with E-state index in [1.54, 1.807) is 0 Å². The van der Waals surface area contributed by atoms with Crippen molar-refractivity contribution < 1.29 is 27.2 Å². The Bertz CT molecular complexity index is 748. The second-order valence-corrected chi connectivity index (χ2v) is 6.93. The zero-order chi connectivity index (χ0) is 16.3. The van der Waals surface area contributed by atoms with Gasteiger partial charge in [-0.1, -0.05) is 45.0 Å². The summed E-state index contributed by atoms with van der Waals surface area (Å²) in [5.74, 6) is 1.49. The number of carbonyl (C=O) groups is 1. The summed E-state index contributed by atoms with van der Waals surface area (Å²) >= 11 is 1.18. The Morgan fingerprint density at radius 3 is 2.52 bits per heavy atom. The van der Waals surface area contributed by atoms with Crippen molar-refractivity contribution in [2.45, 2.75) is 20.8 Å². The van der Waals surface area contributed by atoms with Crippen LogP contribution in [0, 0.1) is 5.41 Å². The normalized spacial score (nSPS) is 11.6. The molecule has 124 valence electrons. The molecule has 0 unspecified atom stereocenters. The van der Waals surface area contributed by atoms with Crippen LogP contribution in [-0.2, 0) is 4.79 Å². The van der Waals surface area contributed by atoms with E-state index < -0.39 is 0 Å². The number of anilines is 1. The van der Waals surface area contributed by atoms with Crippen LogP contribution in [0.2, 0.25) is 0 Å². The van der Waals surface area contributed by atoms with Crippen LogP contribution in [-0.4, -0.2) is 21.7 Å². The summed E-state index contributed by atoms with van der Waals surface area (Å²) in [7, 11) is 0. The molecular formula is C15H20BrN5OS. The molecule has 1 aromatic heterocycles. The molecule has 0 aliphatic carbocycles. The standard InChI is InChI=1S/C15H19N5OS.BrH/c1-15(2,3)11(21)8-22-14(17)20-19-13-10-7-5-4-6-9(10)12(16)18-13;/h4-7,17-18H,8,16H2,1-3H3;1H/b17-14?,20-19+;. The van der Waals surface area contributed by atoms with Gasteiger partial charge in [-0.25, -0.2) is 0 Å². The fourth-order valence-corrected chi connectivity index (χ4v) is 2.56. The number of hydrogen-bond donors (Lipinski definition) is 3. The Hall–Kier alpha value is -1.67. The lowest BCUT2D eigenvalue weighted by molar-refractivity contribution is -0.123. The molecule has 0 spiro atoms. The van der Waals surface area contributed by atoms with Crippen LogP contribution >= 0.6 is 11.8 Å². The predicted octanol–water partition coefficient (Wildman–Crippen LogP) is -0.699. The monoisotopic (exact) mass is 397 g/mol. The summed E-state index contributed by atoms with van der Waals surface area (Å²) < 4.78 is 0. The number of halogens is 1. The molecule has 0 amide bonds. The minimum absolute atomic E-state index is 0. The number of amidine groups is 1. The van der Waals surface area contributed by atoms with Crippen LogP contribution in [0.5, 0.6) is 0 Å². The largest absolute Gasteiger partial charge is 1.00 e. The number of nitrogens with one attached hydrogen (secondary N) is 1. The Morgan fingerprint density at radius 2 is 1.91 bits per heavy atom. The molecule has 23 heavy (non-hydrogen) atoms. The van der Waals surface area contributed by atoms with E-state index in [1.165, 1.54) is 11.8 Å². The summed E-state index contributed by atoms with van der Waals surface area (Å²) in [5.41, 5.74) is 5.50. The minimum atomic E-state index is -0.380. The summed E-state index contributed by atoms with van der Waals surface area (Å²) in [5, 5.41) is 15.9. The number of Topliss-reactive ketones (excluding diaryl/α,β-unsaturated/α-hetero) is 1. The first kappa shape index (κ1) is 19.4. The molecule has 8 heteroatoms. The van der Waals surface area contributed by atoms with Crippen LogP contribution in [0.4, 0.5) is 11.6 Å². The maximum Gasteiger partial charge on any atom is 0.377 e. The molecule has 0 fully saturated rings. The van der Waals surface area contributed by atoms with Gasteiger partial charge in [0.15, 0.2) is 5.82 Å². The Morgan fingerprint density at radius 1 is 1.30 bits per heavy atom.